The van der Waals surface area contributed by atoms with E-state index in [0.717, 1.165) is 5.56 Å². The number of rotatable bonds is 5. The molecule has 0 aromatic heterocycles. The topological polar surface area (TPSA) is 72.7 Å². The summed E-state index contributed by atoms with van der Waals surface area (Å²) in [4.78, 5) is 14.4. The van der Waals surface area contributed by atoms with Gasteiger partial charge in [0, 0.05) is 0 Å². The van der Waals surface area contributed by atoms with Gasteiger partial charge in [-0.25, -0.2) is 4.79 Å². The standard InChI is InChI=1S/C12H15NO3.Na/c1-9(14)13-11(12(15)16)8-7-10-5-3-2-4-6-10;/h2-6,11H,7-8H2,1H3,(H,13,14)(H,15,16);/q;+1/p-1/t11-;/m0./s1. The van der Waals surface area contributed by atoms with E-state index in [1.165, 1.54) is 6.92 Å². The van der Waals surface area contributed by atoms with Crippen molar-refractivity contribution in [3.63, 3.8) is 0 Å². The molecule has 0 saturated carbocycles. The van der Waals surface area contributed by atoms with Crippen molar-refractivity contribution in [3.05, 3.63) is 35.9 Å². The number of aryl methyl sites for hydroxylation is 1. The molecule has 0 fully saturated rings. The molecule has 0 amide bonds. The van der Waals surface area contributed by atoms with Crippen LogP contribution in [0.3, 0.4) is 0 Å². The first-order chi connectivity index (χ1) is 7.59. The van der Waals surface area contributed by atoms with Crippen molar-refractivity contribution in [2.24, 2.45) is 4.99 Å². The van der Waals surface area contributed by atoms with Crippen LogP contribution in [0.2, 0.25) is 0 Å². The van der Waals surface area contributed by atoms with Crippen molar-refractivity contribution in [2.45, 2.75) is 25.8 Å². The Kier molecular flexibility index (Phi) is 7.87. The minimum absolute atomic E-state index is 0. The maximum absolute atomic E-state index is 10.8. The predicted molar refractivity (Wildman–Crippen MR) is 59.3 cm³/mol. The van der Waals surface area contributed by atoms with Gasteiger partial charge in [0.05, 0.1) is 0 Å². The van der Waals surface area contributed by atoms with Crippen LogP contribution >= 0.6 is 0 Å². The molecule has 0 unspecified atom stereocenters. The first-order valence-corrected chi connectivity index (χ1v) is 5.07. The van der Waals surface area contributed by atoms with Crippen LogP contribution in [0.4, 0.5) is 0 Å². The largest absolute Gasteiger partial charge is 1.00 e. The number of aliphatic carboxylic acids is 1. The van der Waals surface area contributed by atoms with Crippen molar-refractivity contribution in [1.82, 2.24) is 0 Å². The zero-order valence-corrected chi connectivity index (χ0v) is 12.1. The van der Waals surface area contributed by atoms with Gasteiger partial charge in [-0.1, -0.05) is 30.3 Å². The van der Waals surface area contributed by atoms with Crippen LogP contribution in [0, 0.1) is 0 Å². The molecule has 1 aromatic carbocycles. The molecule has 0 saturated heterocycles. The van der Waals surface area contributed by atoms with E-state index >= 15 is 0 Å². The molecule has 0 heterocycles. The van der Waals surface area contributed by atoms with Gasteiger partial charge in [0.1, 0.15) is 6.04 Å². The molecule has 0 aliphatic heterocycles. The molecule has 1 N–H and O–H groups in total. The van der Waals surface area contributed by atoms with Crippen LogP contribution < -0.4 is 34.7 Å². The van der Waals surface area contributed by atoms with Crippen molar-refractivity contribution in [3.8, 4) is 0 Å². The molecule has 0 radical (unpaired) electrons. The van der Waals surface area contributed by atoms with E-state index < -0.39 is 17.9 Å². The summed E-state index contributed by atoms with van der Waals surface area (Å²) >= 11 is 0. The summed E-state index contributed by atoms with van der Waals surface area (Å²) in [5.74, 6) is -1.49. The fourth-order valence-electron chi connectivity index (χ4n) is 1.41. The summed E-state index contributed by atoms with van der Waals surface area (Å²) in [5, 5.41) is 19.6. The Morgan fingerprint density at radius 1 is 1.41 bits per heavy atom. The average molecular weight is 243 g/mol. The molecular weight excluding hydrogens is 229 g/mol. The quantitative estimate of drug-likeness (QED) is 0.364. The van der Waals surface area contributed by atoms with Crippen LogP contribution in [-0.2, 0) is 11.2 Å². The minimum atomic E-state index is -1.05. The van der Waals surface area contributed by atoms with Gasteiger partial charge in [-0.05, 0) is 31.2 Å². The predicted octanol–water partition coefficient (Wildman–Crippen LogP) is -2.14. The van der Waals surface area contributed by atoms with Crippen molar-refractivity contribution >= 4 is 11.9 Å². The molecule has 1 rings (SSSR count). The first kappa shape index (κ1) is 16.2. The van der Waals surface area contributed by atoms with Gasteiger partial charge in [0.25, 0.3) is 0 Å². The normalized spacial score (nSPS) is 12.6. The Balaban J connectivity index is 0.00000256. The second-order valence-corrected chi connectivity index (χ2v) is 3.53. The Morgan fingerprint density at radius 3 is 2.47 bits per heavy atom. The smallest absolute Gasteiger partial charge is 0.862 e. The third-order valence-corrected chi connectivity index (χ3v) is 2.17. The fourth-order valence-corrected chi connectivity index (χ4v) is 1.41. The third kappa shape index (κ3) is 6.46. The van der Waals surface area contributed by atoms with Crippen molar-refractivity contribution in [2.75, 3.05) is 0 Å². The van der Waals surface area contributed by atoms with E-state index in [-0.39, 0.29) is 29.6 Å². The van der Waals surface area contributed by atoms with Gasteiger partial charge in [0.15, 0.2) is 0 Å². The molecule has 0 aliphatic carbocycles. The van der Waals surface area contributed by atoms with Gasteiger partial charge in [0.2, 0.25) is 0 Å². The maximum Gasteiger partial charge on any atom is 1.00 e. The summed E-state index contributed by atoms with van der Waals surface area (Å²) in [6, 6.07) is 8.61. The molecule has 0 bridgehead atoms. The summed E-state index contributed by atoms with van der Waals surface area (Å²) in [5.41, 5.74) is 1.05. The van der Waals surface area contributed by atoms with E-state index in [9.17, 15) is 9.90 Å². The van der Waals surface area contributed by atoms with Crippen molar-refractivity contribution in [1.29, 1.82) is 0 Å². The summed E-state index contributed by atoms with van der Waals surface area (Å²) in [6.45, 7) is 1.26. The Labute approximate surface area is 123 Å². The summed E-state index contributed by atoms with van der Waals surface area (Å²) in [7, 11) is 0. The fraction of sp³-hybridized carbons (Fsp3) is 0.333. The number of hydrogen-bond donors (Lipinski definition) is 1. The Bertz CT molecular complexity index is 375. The third-order valence-electron chi connectivity index (χ3n) is 2.17. The van der Waals surface area contributed by atoms with Crippen LogP contribution in [0.25, 0.3) is 0 Å². The van der Waals surface area contributed by atoms with Crippen LogP contribution in [0.15, 0.2) is 35.3 Å². The number of aliphatic imine (C=N–C) groups is 1. The maximum atomic E-state index is 10.8. The Morgan fingerprint density at radius 2 is 2.00 bits per heavy atom. The van der Waals surface area contributed by atoms with E-state index in [1.807, 2.05) is 30.3 Å². The number of nitrogens with zero attached hydrogens (tertiary/aromatic N) is 1. The molecule has 0 aliphatic rings. The number of carboxylic acid groups (broad SMARTS) is 1. The molecule has 1 atom stereocenters. The van der Waals surface area contributed by atoms with Crippen LogP contribution in [-0.4, -0.2) is 23.0 Å². The molecule has 4 nitrogen and oxygen atoms in total. The van der Waals surface area contributed by atoms with E-state index in [1.54, 1.807) is 0 Å². The van der Waals surface area contributed by atoms with Gasteiger partial charge < -0.3 is 10.2 Å². The Hall–Kier alpha value is -0.840. The van der Waals surface area contributed by atoms with Gasteiger partial charge in [-0.2, -0.15) is 0 Å². The molecule has 17 heavy (non-hydrogen) atoms. The van der Waals surface area contributed by atoms with Crippen LogP contribution in [0.5, 0.6) is 0 Å². The van der Waals surface area contributed by atoms with E-state index in [0.29, 0.717) is 12.8 Å². The number of benzene rings is 1. The SMILES string of the molecule is CC([O-])=N[C@@H](CCc1ccccc1)C(=O)O.[Na+]. The van der Waals surface area contributed by atoms with Crippen molar-refractivity contribution < 1.29 is 44.6 Å². The van der Waals surface area contributed by atoms with E-state index in [2.05, 4.69) is 4.99 Å². The zero-order chi connectivity index (χ0) is 12.0. The average Bonchev–Trinajstić information content (AvgIpc) is 2.25. The number of carbonyl (C=O) groups is 1. The minimum Gasteiger partial charge on any atom is -0.862 e. The first-order valence-electron chi connectivity index (χ1n) is 5.07. The second kappa shape index (κ2) is 8.28. The number of hydrogen-bond acceptors (Lipinski definition) is 3. The van der Waals surface area contributed by atoms with Crippen LogP contribution in [0.1, 0.15) is 18.9 Å². The molecule has 0 spiro atoms. The monoisotopic (exact) mass is 243 g/mol. The van der Waals surface area contributed by atoms with Gasteiger partial charge in [-0.15, -0.1) is 0 Å². The summed E-state index contributed by atoms with van der Waals surface area (Å²) < 4.78 is 0. The zero-order valence-electron chi connectivity index (χ0n) is 10.1. The summed E-state index contributed by atoms with van der Waals surface area (Å²) in [6.07, 6.45) is 0.952. The molecular formula is C12H14NNaO3. The molecule has 1 aromatic rings. The van der Waals surface area contributed by atoms with E-state index in [4.69, 9.17) is 5.11 Å². The molecule has 5 heteroatoms. The second-order valence-electron chi connectivity index (χ2n) is 3.53. The number of carboxylic acids is 1. The van der Waals surface area contributed by atoms with Gasteiger partial charge in [-0.3, -0.25) is 4.99 Å². The molecule has 86 valence electrons. The van der Waals surface area contributed by atoms with Gasteiger partial charge >= 0.3 is 35.5 Å².